The summed E-state index contributed by atoms with van der Waals surface area (Å²) in [6, 6.07) is 13.3. The molecule has 3 fully saturated rings. The number of likely N-dealkylation sites (tertiary alicyclic amines) is 1. The van der Waals surface area contributed by atoms with Crippen molar-refractivity contribution in [3.05, 3.63) is 73.8 Å². The van der Waals surface area contributed by atoms with Gasteiger partial charge >= 0.3 is 0 Å². The van der Waals surface area contributed by atoms with Gasteiger partial charge in [0.1, 0.15) is 24.0 Å². The van der Waals surface area contributed by atoms with Crippen molar-refractivity contribution in [3.63, 3.8) is 0 Å². The Morgan fingerprint density at radius 3 is 2.55 bits per heavy atom. The monoisotopic (exact) mass is 658 g/mol. The largest absolute Gasteiger partial charge is 0.494 e. The van der Waals surface area contributed by atoms with Crippen LogP contribution in [0.3, 0.4) is 0 Å². The van der Waals surface area contributed by atoms with Gasteiger partial charge in [-0.25, -0.2) is 4.68 Å². The van der Waals surface area contributed by atoms with Crippen molar-refractivity contribution in [1.29, 1.82) is 0 Å². The predicted octanol–water partition coefficient (Wildman–Crippen LogP) is 3.74. The number of fused-ring (bicyclic) bond motifs is 2. The summed E-state index contributed by atoms with van der Waals surface area (Å²) in [6.45, 7) is 14.3. The number of aromatic nitrogens is 3. The lowest BCUT2D eigenvalue weighted by Gasteiger charge is -2.41. The van der Waals surface area contributed by atoms with Gasteiger partial charge in [-0.3, -0.25) is 14.4 Å². The van der Waals surface area contributed by atoms with Crippen molar-refractivity contribution >= 4 is 46.2 Å². The van der Waals surface area contributed by atoms with Gasteiger partial charge in [-0.05, 0) is 62.6 Å². The van der Waals surface area contributed by atoms with E-state index in [1.807, 2.05) is 55.5 Å². The zero-order valence-electron chi connectivity index (χ0n) is 27.1. The third-order valence-corrected chi connectivity index (χ3v) is 11.9. The maximum absolute atomic E-state index is 14.9. The van der Waals surface area contributed by atoms with E-state index in [0.717, 1.165) is 5.52 Å². The zero-order valence-corrected chi connectivity index (χ0v) is 27.9. The van der Waals surface area contributed by atoms with Gasteiger partial charge in [0.05, 0.1) is 41.4 Å². The van der Waals surface area contributed by atoms with Crippen molar-refractivity contribution < 1.29 is 24.2 Å². The molecule has 47 heavy (non-hydrogen) atoms. The molecule has 3 aromatic rings. The molecule has 3 aliphatic heterocycles. The number of carbonyl (C=O) groups is 3. The second kappa shape index (κ2) is 13.2. The van der Waals surface area contributed by atoms with Crippen LogP contribution in [0.4, 0.5) is 5.69 Å². The summed E-state index contributed by atoms with van der Waals surface area (Å²) >= 11 is 1.61. The highest BCUT2D eigenvalue weighted by Crippen LogP contribution is 2.69. The number of nitrogens with zero attached hydrogens (tertiary/aromatic N) is 6. The highest BCUT2D eigenvalue weighted by Gasteiger charge is 2.76. The Labute approximate surface area is 279 Å². The first kappa shape index (κ1) is 32.8. The number of benzene rings is 2. The molecule has 12 heteroatoms. The molecule has 2 bridgehead atoms. The predicted molar refractivity (Wildman–Crippen MR) is 182 cm³/mol. The van der Waals surface area contributed by atoms with Crippen LogP contribution in [0.15, 0.2) is 73.8 Å². The Hall–Kier alpha value is -4.16. The van der Waals surface area contributed by atoms with E-state index in [2.05, 4.69) is 30.4 Å². The average Bonchev–Trinajstić information content (AvgIpc) is 3.80. The van der Waals surface area contributed by atoms with Crippen LogP contribution < -0.4 is 9.64 Å². The molecule has 7 atom stereocenters. The van der Waals surface area contributed by atoms with Gasteiger partial charge in [0.2, 0.25) is 17.7 Å². The first-order valence-electron chi connectivity index (χ1n) is 16.2. The third-order valence-electron chi connectivity index (χ3n) is 9.86. The molecule has 0 radical (unpaired) electrons. The number of rotatable bonds is 13. The minimum atomic E-state index is -0.891. The first-order chi connectivity index (χ1) is 22.7. The van der Waals surface area contributed by atoms with Crippen LogP contribution in [-0.4, -0.2) is 96.0 Å². The molecule has 3 unspecified atom stereocenters. The topological polar surface area (TPSA) is 121 Å². The fraction of sp³-hybridized carbons (Fsp3) is 0.457. The van der Waals surface area contributed by atoms with E-state index in [0.29, 0.717) is 30.0 Å². The third kappa shape index (κ3) is 5.31. The van der Waals surface area contributed by atoms with Gasteiger partial charge < -0.3 is 24.5 Å². The second-order valence-electron chi connectivity index (χ2n) is 12.6. The lowest BCUT2D eigenvalue weighted by atomic mass is 9.65. The van der Waals surface area contributed by atoms with Crippen molar-refractivity contribution in [3.8, 4) is 5.75 Å². The highest BCUT2D eigenvalue weighted by atomic mass is 32.2. The maximum atomic E-state index is 14.9. The molecule has 3 amide bonds. The minimum absolute atomic E-state index is 0.0311. The van der Waals surface area contributed by atoms with Gasteiger partial charge in [0.15, 0.2) is 0 Å². The zero-order chi connectivity index (χ0) is 33.5. The Balaban J connectivity index is 1.38. The van der Waals surface area contributed by atoms with Crippen LogP contribution in [0, 0.1) is 17.8 Å². The van der Waals surface area contributed by atoms with E-state index in [1.54, 1.807) is 50.2 Å². The summed E-state index contributed by atoms with van der Waals surface area (Å²) in [6.07, 6.45) is 4.02. The summed E-state index contributed by atoms with van der Waals surface area (Å²) in [4.78, 5) is 49.0. The molecule has 6 rings (SSSR count). The normalized spacial score (nSPS) is 26.7. The van der Waals surface area contributed by atoms with Crippen LogP contribution in [-0.2, 0) is 21.1 Å². The van der Waals surface area contributed by atoms with Gasteiger partial charge in [-0.1, -0.05) is 36.4 Å². The molecule has 1 aromatic heterocycles. The van der Waals surface area contributed by atoms with Gasteiger partial charge in [0, 0.05) is 24.0 Å². The van der Waals surface area contributed by atoms with Gasteiger partial charge in [-0.15, -0.1) is 30.0 Å². The number of ether oxygens (including phenoxy) is 1. The van der Waals surface area contributed by atoms with Crippen molar-refractivity contribution in [2.45, 2.75) is 55.9 Å². The van der Waals surface area contributed by atoms with Crippen LogP contribution in [0.2, 0.25) is 0 Å². The number of hydrogen-bond acceptors (Lipinski definition) is 8. The molecule has 1 N–H and O–H groups in total. The Kier molecular flexibility index (Phi) is 9.17. The van der Waals surface area contributed by atoms with E-state index < -0.39 is 28.7 Å². The van der Waals surface area contributed by atoms with Crippen LogP contribution in [0.5, 0.6) is 5.75 Å². The second-order valence-corrected chi connectivity index (χ2v) is 14.1. The number of carbonyl (C=O) groups excluding carboxylic acids is 3. The molecule has 1 spiro atoms. The van der Waals surface area contributed by atoms with E-state index in [9.17, 15) is 19.5 Å². The van der Waals surface area contributed by atoms with Crippen LogP contribution in [0.25, 0.3) is 11.0 Å². The molecule has 11 nitrogen and oxygen atoms in total. The summed E-state index contributed by atoms with van der Waals surface area (Å²) in [5, 5.41) is 18.8. The Morgan fingerprint density at radius 2 is 1.87 bits per heavy atom. The van der Waals surface area contributed by atoms with Crippen LogP contribution >= 0.6 is 11.8 Å². The number of aliphatic hydroxyl groups is 1. The number of amides is 3. The summed E-state index contributed by atoms with van der Waals surface area (Å²) in [5.41, 5.74) is 2.17. The van der Waals surface area contributed by atoms with Crippen molar-refractivity contribution in [1.82, 2.24) is 24.8 Å². The van der Waals surface area contributed by atoms with Gasteiger partial charge in [0.25, 0.3) is 0 Å². The molecule has 0 saturated carbocycles. The first-order valence-corrected chi connectivity index (χ1v) is 17.0. The molecule has 0 aliphatic carbocycles. The summed E-state index contributed by atoms with van der Waals surface area (Å²) in [5.74, 6) is -1.40. The van der Waals surface area contributed by atoms with Crippen molar-refractivity contribution in [2.75, 3.05) is 31.2 Å². The lowest BCUT2D eigenvalue weighted by Crippen LogP contribution is -2.59. The Bertz CT molecular complexity index is 1680. The SMILES string of the molecule is C=CCN(Cn1nnc2ccccc21)C(=O)C1N([C@H](C)CO)C(=O)[C@@H]2[C@H](C(=O)N(CC=C)c3ccc(OCC)cc3)[C@@H]3CC(C)C12S3. The highest BCUT2D eigenvalue weighted by molar-refractivity contribution is 8.02. The molecule has 3 saturated heterocycles. The molecular weight excluding hydrogens is 616 g/mol. The number of hydrogen-bond donors (Lipinski definition) is 1. The molecule has 248 valence electrons. The number of para-hydroxylation sites is 1. The van der Waals surface area contributed by atoms with E-state index in [1.165, 1.54) is 0 Å². The molecule has 3 aliphatic rings. The minimum Gasteiger partial charge on any atom is -0.494 e. The fourth-order valence-electron chi connectivity index (χ4n) is 7.83. The molecule has 4 heterocycles. The van der Waals surface area contributed by atoms with Crippen molar-refractivity contribution in [2.24, 2.45) is 17.8 Å². The van der Waals surface area contributed by atoms with Crippen LogP contribution in [0.1, 0.15) is 27.2 Å². The molecular formula is C35H42N6O5S. The molecule has 2 aromatic carbocycles. The quantitative estimate of drug-likeness (QED) is 0.276. The Morgan fingerprint density at radius 1 is 1.15 bits per heavy atom. The average molecular weight is 659 g/mol. The standard InChI is InChI=1S/C35H42N6O5S/c1-6-17-38(21-40-27-12-10-9-11-26(27)36-37-40)34(45)31-35-22(4)19-28(47-35)29(30(35)33(44)41(31)23(5)20-42)32(43)39(18-7-2)24-13-15-25(16-14-24)46-8-3/h6-7,9-16,22-23,28-31,42H,1-2,8,17-21H2,3-5H3/t22?,23-,28+,29-,30+,31?,35?/m1/s1. The van der Waals surface area contributed by atoms with E-state index >= 15 is 0 Å². The number of anilines is 1. The van der Waals surface area contributed by atoms with Gasteiger partial charge in [-0.2, -0.15) is 0 Å². The smallest absolute Gasteiger partial charge is 0.248 e. The maximum Gasteiger partial charge on any atom is 0.248 e. The lowest BCUT2D eigenvalue weighted by molar-refractivity contribution is -0.146. The fourth-order valence-corrected chi connectivity index (χ4v) is 10.2. The number of thioether (sulfide) groups is 1. The van der Waals surface area contributed by atoms with E-state index in [4.69, 9.17) is 4.74 Å². The van der Waals surface area contributed by atoms with E-state index in [-0.39, 0.29) is 55.3 Å². The summed E-state index contributed by atoms with van der Waals surface area (Å²) < 4.78 is 6.42. The summed E-state index contributed by atoms with van der Waals surface area (Å²) in [7, 11) is 0. The number of aliphatic hydroxyl groups excluding tert-OH is 1.